The third-order valence-corrected chi connectivity index (χ3v) is 17.6. The molecule has 2 spiro atoms. The molecular formula is C34H48Br2O5. The maximum Gasteiger partial charge on any atom is 0.318 e. The van der Waals surface area contributed by atoms with Crippen LogP contribution in [0.3, 0.4) is 0 Å². The van der Waals surface area contributed by atoms with Gasteiger partial charge in [-0.15, -0.1) is 0 Å². The van der Waals surface area contributed by atoms with Gasteiger partial charge in [0.05, 0.1) is 11.8 Å². The van der Waals surface area contributed by atoms with E-state index >= 15 is 0 Å². The highest BCUT2D eigenvalue weighted by Crippen LogP contribution is 2.82. The van der Waals surface area contributed by atoms with Crippen molar-refractivity contribution >= 4 is 49.8 Å². The van der Waals surface area contributed by atoms with Gasteiger partial charge in [0.1, 0.15) is 6.10 Å². The summed E-state index contributed by atoms with van der Waals surface area (Å²) in [5.41, 5.74) is -0.929. The predicted molar refractivity (Wildman–Crippen MR) is 165 cm³/mol. The first-order valence-electron chi connectivity index (χ1n) is 16.1. The number of hydrogen-bond acceptors (Lipinski definition) is 5. The van der Waals surface area contributed by atoms with Crippen molar-refractivity contribution in [3.8, 4) is 0 Å². The minimum absolute atomic E-state index is 0.0825. The molecule has 7 aliphatic rings. The summed E-state index contributed by atoms with van der Waals surface area (Å²) in [5.74, 6) is 0.953. The van der Waals surface area contributed by atoms with Crippen LogP contribution in [0.5, 0.6) is 0 Å². The van der Waals surface area contributed by atoms with Gasteiger partial charge in [-0.05, 0) is 91.3 Å². The summed E-state index contributed by atoms with van der Waals surface area (Å²) in [6.07, 6.45) is 11.3. The quantitative estimate of drug-likeness (QED) is 0.122. The second kappa shape index (κ2) is 9.91. The number of esters is 3. The van der Waals surface area contributed by atoms with E-state index in [2.05, 4.69) is 85.6 Å². The Morgan fingerprint density at radius 1 is 0.927 bits per heavy atom. The largest absolute Gasteiger partial charge is 0.463 e. The van der Waals surface area contributed by atoms with Crippen LogP contribution in [0.4, 0.5) is 0 Å². The van der Waals surface area contributed by atoms with Crippen LogP contribution in [0.25, 0.3) is 0 Å². The lowest BCUT2D eigenvalue weighted by Gasteiger charge is -2.74. The molecule has 4 saturated carbocycles. The van der Waals surface area contributed by atoms with E-state index in [1.165, 1.54) is 6.92 Å². The summed E-state index contributed by atoms with van der Waals surface area (Å²) in [5, 5.41) is 0. The minimum Gasteiger partial charge on any atom is -0.463 e. The lowest BCUT2D eigenvalue weighted by Crippen LogP contribution is -2.72. The van der Waals surface area contributed by atoms with Gasteiger partial charge in [0.2, 0.25) is 0 Å². The van der Waals surface area contributed by atoms with E-state index in [0.29, 0.717) is 51.6 Å². The second-order valence-electron chi connectivity index (χ2n) is 15.6. The van der Waals surface area contributed by atoms with E-state index in [0.717, 1.165) is 38.5 Å². The molecule has 1 saturated heterocycles. The number of cyclic esters (lactones) is 2. The number of ether oxygens (including phenoxy) is 2. The van der Waals surface area contributed by atoms with Gasteiger partial charge in [0.25, 0.3) is 0 Å². The van der Waals surface area contributed by atoms with E-state index < -0.39 is 17.3 Å². The van der Waals surface area contributed by atoms with E-state index in [4.69, 9.17) is 9.47 Å². The molecule has 7 heteroatoms. The number of halogens is 2. The Bertz CT molecular complexity index is 1170. The van der Waals surface area contributed by atoms with Gasteiger partial charge in [0.15, 0.2) is 0 Å². The van der Waals surface area contributed by atoms with Crippen molar-refractivity contribution in [3.05, 3.63) is 12.2 Å². The van der Waals surface area contributed by atoms with Crippen molar-refractivity contribution in [3.63, 3.8) is 0 Å². The van der Waals surface area contributed by atoms with Gasteiger partial charge >= 0.3 is 17.9 Å². The maximum atomic E-state index is 13.8. The van der Waals surface area contributed by atoms with Crippen molar-refractivity contribution in [1.29, 1.82) is 0 Å². The van der Waals surface area contributed by atoms with E-state index in [1.807, 2.05) is 0 Å². The molecule has 5 fully saturated rings. The van der Waals surface area contributed by atoms with Crippen LogP contribution in [0, 0.1) is 69.0 Å². The summed E-state index contributed by atoms with van der Waals surface area (Å²) in [6, 6.07) is 0. The summed E-state index contributed by atoms with van der Waals surface area (Å²) in [7, 11) is 0. The molecular weight excluding hydrogens is 648 g/mol. The van der Waals surface area contributed by atoms with Gasteiger partial charge < -0.3 is 9.47 Å². The van der Waals surface area contributed by atoms with E-state index in [1.54, 1.807) is 0 Å². The number of rotatable bonds is 6. The molecule has 0 aromatic rings. The molecule has 0 radical (unpaired) electrons. The third-order valence-electron chi connectivity index (χ3n) is 14.1. The smallest absolute Gasteiger partial charge is 0.318 e. The molecule has 228 valence electrons. The molecule has 14 atom stereocenters. The number of alkyl halides is 2. The van der Waals surface area contributed by atoms with Gasteiger partial charge in [-0.25, -0.2) is 0 Å². The first-order valence-corrected chi connectivity index (χ1v) is 17.9. The fraction of sp³-hybridized carbons (Fsp3) is 0.853. The van der Waals surface area contributed by atoms with Crippen LogP contribution in [0.2, 0.25) is 0 Å². The summed E-state index contributed by atoms with van der Waals surface area (Å²) in [6.45, 7) is 15.7. The fourth-order valence-electron chi connectivity index (χ4n) is 11.9. The Labute approximate surface area is 263 Å². The molecule has 6 aliphatic carbocycles. The lowest BCUT2D eigenvalue weighted by atomic mass is 9.28. The van der Waals surface area contributed by atoms with Crippen molar-refractivity contribution in [2.75, 3.05) is 0 Å². The van der Waals surface area contributed by atoms with Crippen molar-refractivity contribution in [1.82, 2.24) is 0 Å². The molecule has 2 bridgehead atoms. The first-order chi connectivity index (χ1) is 19.2. The van der Waals surface area contributed by atoms with Crippen LogP contribution in [0.1, 0.15) is 93.4 Å². The van der Waals surface area contributed by atoms with Crippen molar-refractivity contribution < 1.29 is 23.9 Å². The average molecular weight is 697 g/mol. The first kappa shape index (κ1) is 30.3. The van der Waals surface area contributed by atoms with E-state index in [9.17, 15) is 14.4 Å². The third kappa shape index (κ3) is 3.84. The lowest BCUT2D eigenvalue weighted by molar-refractivity contribution is -0.243. The molecule has 1 aliphatic heterocycles. The van der Waals surface area contributed by atoms with Gasteiger partial charge in [-0.1, -0.05) is 85.6 Å². The van der Waals surface area contributed by atoms with Crippen molar-refractivity contribution in [2.24, 2.45) is 69.0 Å². The summed E-state index contributed by atoms with van der Waals surface area (Å²) < 4.78 is 11.3. The topological polar surface area (TPSA) is 69.7 Å². The second-order valence-corrected chi connectivity index (χ2v) is 17.8. The van der Waals surface area contributed by atoms with E-state index in [-0.39, 0.29) is 40.3 Å². The molecule has 10 unspecified atom stereocenters. The zero-order valence-corrected chi connectivity index (χ0v) is 28.9. The Kier molecular flexibility index (Phi) is 7.33. The van der Waals surface area contributed by atoms with Crippen LogP contribution >= 0.6 is 31.9 Å². The summed E-state index contributed by atoms with van der Waals surface area (Å²) >= 11 is 8.23. The van der Waals surface area contributed by atoms with Crippen LogP contribution in [0.15, 0.2) is 12.2 Å². The number of carbonyl (C=O) groups is 3. The predicted octanol–water partition coefficient (Wildman–Crippen LogP) is 7.88. The number of allylic oxidation sites excluding steroid dienone is 2. The Balaban J connectivity index is 1.41. The maximum absolute atomic E-state index is 13.8. The highest BCUT2D eigenvalue weighted by Gasteiger charge is 2.81. The minimum atomic E-state index is -0.512. The molecule has 7 rings (SSSR count). The number of carbonyl (C=O) groups excluding carboxylic acids is 3. The normalized spacial score (nSPS) is 48.9. The monoisotopic (exact) mass is 694 g/mol. The average Bonchev–Trinajstić information content (AvgIpc) is 3.43. The molecule has 5 nitrogen and oxygen atoms in total. The Hall–Kier alpha value is -0.690. The summed E-state index contributed by atoms with van der Waals surface area (Å²) in [4.78, 5) is 40.1. The highest BCUT2D eigenvalue weighted by molar-refractivity contribution is 9.12. The standard InChI is InChI=1S/C34H48Br2O5/c1-17(2)18(3)27(35)28(36)19(4)22-8-9-23-31(22,6)12-11-24-32(7)13-10-21(40-20(5)37)16-33(32)14-15-34(23,24)26-25(33)29(38)41-30(26)39/h14-15,17-19,21-28H,8-13,16H2,1-7H3/t18-,19+,21?,22?,23?,24?,25?,26?,27?,28?,31?,32?,33+,34+/m1/s1. The van der Waals surface area contributed by atoms with Crippen LogP contribution in [-0.2, 0) is 23.9 Å². The van der Waals surface area contributed by atoms with Gasteiger partial charge in [-0.2, -0.15) is 0 Å². The zero-order valence-electron chi connectivity index (χ0n) is 25.8. The molecule has 0 aromatic carbocycles. The van der Waals surface area contributed by atoms with Crippen molar-refractivity contribution in [2.45, 2.75) is 109 Å². The number of fused-ring (bicyclic) bond motifs is 1. The molecule has 1 heterocycles. The van der Waals surface area contributed by atoms with Crippen LogP contribution < -0.4 is 0 Å². The SMILES string of the molecule is CC(=O)OC1CCC2(C)C3CCC4(C)C([C@H](C)C(Br)C(Br)[C@H](C)C(C)C)CCC4[C@@]34C=C[C@]2(C1)C1C(=O)OC(=O)C14. The Morgan fingerprint density at radius 3 is 2.27 bits per heavy atom. The Morgan fingerprint density at radius 2 is 1.61 bits per heavy atom. The number of hydrogen-bond donors (Lipinski definition) is 0. The molecule has 41 heavy (non-hydrogen) atoms. The fourth-order valence-corrected chi connectivity index (χ4v) is 13.9. The molecule has 0 amide bonds. The van der Waals surface area contributed by atoms with Crippen LogP contribution in [-0.4, -0.2) is 33.7 Å². The highest BCUT2D eigenvalue weighted by atomic mass is 79.9. The zero-order chi connectivity index (χ0) is 29.9. The molecule has 0 aromatic heterocycles. The molecule has 0 N–H and O–H groups in total. The van der Waals surface area contributed by atoms with Gasteiger partial charge in [-0.3, -0.25) is 14.4 Å². The van der Waals surface area contributed by atoms with Gasteiger partial charge in [0, 0.05) is 27.4 Å².